The zero-order valence-electron chi connectivity index (χ0n) is 9.42. The van der Waals surface area contributed by atoms with E-state index in [0.29, 0.717) is 16.8 Å². The minimum atomic E-state index is -1.03. The largest absolute Gasteiger partial charge is 0.478 e. The van der Waals surface area contributed by atoms with E-state index in [2.05, 4.69) is 0 Å². The second-order valence-electron chi connectivity index (χ2n) is 3.84. The van der Waals surface area contributed by atoms with E-state index >= 15 is 0 Å². The number of nitrogens with two attached hydrogens (primary N) is 1. The Kier molecular flexibility index (Phi) is 2.98. The molecular weight excluding hydrogens is 228 g/mol. The maximum absolute atomic E-state index is 11.0. The Balaban J connectivity index is 2.57. The molecule has 0 saturated carbocycles. The lowest BCUT2D eigenvalue weighted by Crippen LogP contribution is -1.98. The van der Waals surface area contributed by atoms with Gasteiger partial charge in [0.15, 0.2) is 0 Å². The van der Waals surface area contributed by atoms with E-state index in [1.165, 1.54) is 12.1 Å². The van der Waals surface area contributed by atoms with Gasteiger partial charge in [0.2, 0.25) is 0 Å². The number of carboxylic acid groups (broad SMARTS) is 1. The molecule has 3 N–H and O–H groups in total. The molecule has 2 rings (SSSR count). The lowest BCUT2D eigenvalue weighted by atomic mass is 10.0. The quantitative estimate of drug-likeness (QED) is 0.787. The molecule has 0 aromatic heterocycles. The summed E-state index contributed by atoms with van der Waals surface area (Å²) >= 11 is 0. The minimum absolute atomic E-state index is 0.132. The number of benzene rings is 2. The molecular formula is C14H10N2O2. The molecule has 0 atom stereocenters. The molecule has 4 nitrogen and oxygen atoms in total. The highest BCUT2D eigenvalue weighted by molar-refractivity contribution is 5.91. The van der Waals surface area contributed by atoms with Crippen LogP contribution in [0.3, 0.4) is 0 Å². The third kappa shape index (κ3) is 2.30. The highest BCUT2D eigenvalue weighted by Gasteiger charge is 2.07. The Bertz CT molecular complexity index is 657. The van der Waals surface area contributed by atoms with Crippen molar-refractivity contribution < 1.29 is 9.90 Å². The van der Waals surface area contributed by atoms with Gasteiger partial charge in [-0.25, -0.2) is 4.79 Å². The van der Waals surface area contributed by atoms with E-state index < -0.39 is 5.97 Å². The van der Waals surface area contributed by atoms with Crippen molar-refractivity contribution in [3.8, 4) is 17.2 Å². The number of nitrogens with zero attached hydrogens (tertiary/aromatic N) is 1. The van der Waals surface area contributed by atoms with Gasteiger partial charge >= 0.3 is 5.97 Å². The molecule has 0 bridgehead atoms. The molecule has 0 spiro atoms. The van der Waals surface area contributed by atoms with E-state index in [1.807, 2.05) is 6.07 Å². The maximum Gasteiger partial charge on any atom is 0.335 e. The van der Waals surface area contributed by atoms with Gasteiger partial charge in [-0.15, -0.1) is 0 Å². The Labute approximate surface area is 104 Å². The van der Waals surface area contributed by atoms with Crippen LogP contribution in [0.2, 0.25) is 0 Å². The first-order valence-corrected chi connectivity index (χ1v) is 5.24. The molecule has 0 aliphatic rings. The van der Waals surface area contributed by atoms with Crippen molar-refractivity contribution in [3.05, 3.63) is 53.6 Å². The van der Waals surface area contributed by atoms with E-state index in [9.17, 15) is 4.79 Å². The summed E-state index contributed by atoms with van der Waals surface area (Å²) in [5, 5.41) is 17.8. The first-order chi connectivity index (χ1) is 8.60. The van der Waals surface area contributed by atoms with Crippen LogP contribution in [0.15, 0.2) is 42.5 Å². The average Bonchev–Trinajstić information content (AvgIpc) is 2.38. The number of nitriles is 1. The third-order valence-corrected chi connectivity index (χ3v) is 2.53. The summed E-state index contributed by atoms with van der Waals surface area (Å²) in [6.07, 6.45) is 0. The van der Waals surface area contributed by atoms with Gasteiger partial charge in [0.25, 0.3) is 0 Å². The van der Waals surface area contributed by atoms with Crippen LogP contribution in [0.25, 0.3) is 11.1 Å². The smallest absolute Gasteiger partial charge is 0.335 e. The van der Waals surface area contributed by atoms with Crippen LogP contribution in [0.5, 0.6) is 0 Å². The molecule has 2 aromatic rings. The van der Waals surface area contributed by atoms with Crippen molar-refractivity contribution >= 4 is 11.7 Å². The van der Waals surface area contributed by atoms with Gasteiger partial charge in [0.1, 0.15) is 0 Å². The summed E-state index contributed by atoms with van der Waals surface area (Å²) in [7, 11) is 0. The normalized spacial score (nSPS) is 9.72. The molecule has 88 valence electrons. The lowest BCUT2D eigenvalue weighted by Gasteiger charge is -2.05. The molecule has 0 heterocycles. The fourth-order valence-electron chi connectivity index (χ4n) is 1.71. The number of carboxylic acids is 1. The zero-order chi connectivity index (χ0) is 13.1. The van der Waals surface area contributed by atoms with Crippen LogP contribution in [0.1, 0.15) is 15.9 Å². The average molecular weight is 238 g/mol. The Morgan fingerprint density at radius 3 is 2.61 bits per heavy atom. The van der Waals surface area contributed by atoms with Gasteiger partial charge in [-0.2, -0.15) is 5.26 Å². The summed E-state index contributed by atoms with van der Waals surface area (Å²) < 4.78 is 0. The van der Waals surface area contributed by atoms with Crippen LogP contribution in [-0.2, 0) is 0 Å². The van der Waals surface area contributed by atoms with Crippen molar-refractivity contribution in [2.75, 3.05) is 5.73 Å². The van der Waals surface area contributed by atoms with Crippen LogP contribution in [-0.4, -0.2) is 11.1 Å². The Morgan fingerprint density at radius 2 is 1.94 bits per heavy atom. The molecule has 0 amide bonds. The standard InChI is InChI=1S/C14H10N2O2/c15-8-9-2-1-3-10(4-9)11-5-12(14(17)18)7-13(16)6-11/h1-7H,16H2,(H,17,18). The van der Waals surface area contributed by atoms with Crippen LogP contribution >= 0.6 is 0 Å². The maximum atomic E-state index is 11.0. The fraction of sp³-hybridized carbons (Fsp3) is 0. The predicted octanol–water partition coefficient (Wildman–Crippen LogP) is 2.51. The Morgan fingerprint density at radius 1 is 1.17 bits per heavy atom. The molecule has 18 heavy (non-hydrogen) atoms. The second kappa shape index (κ2) is 4.60. The number of rotatable bonds is 2. The SMILES string of the molecule is N#Cc1cccc(-c2cc(N)cc(C(=O)O)c2)c1. The summed E-state index contributed by atoms with van der Waals surface area (Å²) in [5.41, 5.74) is 8.16. The molecule has 0 aliphatic carbocycles. The summed E-state index contributed by atoms with van der Waals surface area (Å²) in [4.78, 5) is 11.0. The van der Waals surface area contributed by atoms with E-state index in [-0.39, 0.29) is 5.56 Å². The molecule has 0 aliphatic heterocycles. The van der Waals surface area contributed by atoms with Crippen molar-refractivity contribution in [3.63, 3.8) is 0 Å². The molecule has 0 saturated heterocycles. The van der Waals surface area contributed by atoms with Gasteiger partial charge in [0, 0.05) is 5.69 Å². The van der Waals surface area contributed by atoms with Gasteiger partial charge in [-0.1, -0.05) is 12.1 Å². The van der Waals surface area contributed by atoms with Crippen molar-refractivity contribution in [1.29, 1.82) is 5.26 Å². The predicted molar refractivity (Wildman–Crippen MR) is 68.0 cm³/mol. The second-order valence-corrected chi connectivity index (χ2v) is 3.84. The van der Waals surface area contributed by atoms with E-state index in [1.54, 1.807) is 30.3 Å². The molecule has 0 fully saturated rings. The first-order valence-electron chi connectivity index (χ1n) is 5.24. The number of anilines is 1. The van der Waals surface area contributed by atoms with Gasteiger partial charge in [-0.3, -0.25) is 0 Å². The fourth-order valence-corrected chi connectivity index (χ4v) is 1.71. The van der Waals surface area contributed by atoms with Crippen molar-refractivity contribution in [2.45, 2.75) is 0 Å². The van der Waals surface area contributed by atoms with Gasteiger partial charge in [-0.05, 0) is 41.5 Å². The van der Waals surface area contributed by atoms with Gasteiger partial charge < -0.3 is 10.8 Å². The van der Waals surface area contributed by atoms with Crippen LogP contribution < -0.4 is 5.73 Å². The van der Waals surface area contributed by atoms with Gasteiger partial charge in [0.05, 0.1) is 17.2 Å². The van der Waals surface area contributed by atoms with Crippen LogP contribution in [0, 0.1) is 11.3 Å². The van der Waals surface area contributed by atoms with Crippen molar-refractivity contribution in [2.24, 2.45) is 0 Å². The highest BCUT2D eigenvalue weighted by atomic mass is 16.4. The number of carbonyl (C=O) groups is 1. The van der Waals surface area contributed by atoms with Crippen molar-refractivity contribution in [1.82, 2.24) is 0 Å². The third-order valence-electron chi connectivity index (χ3n) is 2.53. The molecule has 0 radical (unpaired) electrons. The summed E-state index contributed by atoms with van der Waals surface area (Å²) in [6.45, 7) is 0. The Hall–Kier alpha value is -2.80. The van der Waals surface area contributed by atoms with Crippen LogP contribution in [0.4, 0.5) is 5.69 Å². The molecule has 0 unspecified atom stereocenters. The van der Waals surface area contributed by atoms with E-state index in [4.69, 9.17) is 16.1 Å². The molecule has 2 aromatic carbocycles. The number of hydrogen-bond donors (Lipinski definition) is 2. The highest BCUT2D eigenvalue weighted by Crippen LogP contribution is 2.24. The molecule has 4 heteroatoms. The lowest BCUT2D eigenvalue weighted by molar-refractivity contribution is 0.0697. The number of nitrogen functional groups attached to an aromatic ring is 1. The number of hydrogen-bond acceptors (Lipinski definition) is 3. The number of aromatic carboxylic acids is 1. The summed E-state index contributed by atoms with van der Waals surface area (Å²) in [6, 6.07) is 13.6. The van der Waals surface area contributed by atoms with E-state index in [0.717, 1.165) is 5.56 Å². The summed E-state index contributed by atoms with van der Waals surface area (Å²) in [5.74, 6) is -1.03. The first kappa shape index (κ1) is 11.7. The zero-order valence-corrected chi connectivity index (χ0v) is 9.42. The monoisotopic (exact) mass is 238 g/mol. The minimum Gasteiger partial charge on any atom is -0.478 e. The topological polar surface area (TPSA) is 87.1 Å².